The van der Waals surface area contributed by atoms with Crippen LogP contribution in [0, 0.1) is 5.82 Å². The van der Waals surface area contributed by atoms with Crippen molar-refractivity contribution in [3.05, 3.63) is 28.5 Å². The average molecular weight is 249 g/mol. The summed E-state index contributed by atoms with van der Waals surface area (Å²) in [4.78, 5) is 10.1. The minimum absolute atomic E-state index is 0.0724. The van der Waals surface area contributed by atoms with E-state index in [1.54, 1.807) is 0 Å². The first-order valence-electron chi connectivity index (χ1n) is 3.39. The van der Waals surface area contributed by atoms with Crippen molar-refractivity contribution in [2.75, 3.05) is 6.61 Å². The highest BCUT2D eigenvalue weighted by molar-refractivity contribution is 9.10. The zero-order valence-electron chi connectivity index (χ0n) is 6.46. The molecule has 0 radical (unpaired) electrons. The first-order valence-corrected chi connectivity index (χ1v) is 4.18. The van der Waals surface area contributed by atoms with Gasteiger partial charge in [0.1, 0.15) is 0 Å². The number of benzene rings is 1. The Balaban J connectivity index is 2.75. The lowest BCUT2D eigenvalue weighted by molar-refractivity contribution is -0.139. The molecule has 13 heavy (non-hydrogen) atoms. The summed E-state index contributed by atoms with van der Waals surface area (Å²) in [6.45, 7) is -0.548. The minimum atomic E-state index is -1.14. The van der Waals surface area contributed by atoms with Crippen LogP contribution in [0.15, 0.2) is 22.7 Å². The zero-order valence-corrected chi connectivity index (χ0v) is 8.04. The molecule has 1 N–H and O–H groups in total. The van der Waals surface area contributed by atoms with Crippen LogP contribution in [0.1, 0.15) is 0 Å². The SMILES string of the molecule is O=C(O)COc1cc(Br)ccc1F. The van der Waals surface area contributed by atoms with E-state index in [0.29, 0.717) is 4.47 Å². The second-order valence-corrected chi connectivity index (χ2v) is 3.17. The fraction of sp³-hybridized carbons (Fsp3) is 0.125. The molecule has 1 aromatic rings. The van der Waals surface area contributed by atoms with E-state index >= 15 is 0 Å². The smallest absolute Gasteiger partial charge is 0.341 e. The van der Waals surface area contributed by atoms with Crippen molar-refractivity contribution in [3.8, 4) is 5.75 Å². The molecular formula is C8H6BrFO3. The Morgan fingerprint density at radius 2 is 2.31 bits per heavy atom. The molecule has 0 saturated carbocycles. The Hall–Kier alpha value is -1.10. The van der Waals surface area contributed by atoms with E-state index < -0.39 is 18.4 Å². The Morgan fingerprint density at radius 1 is 1.62 bits per heavy atom. The maximum atomic E-state index is 12.9. The van der Waals surface area contributed by atoms with Crippen molar-refractivity contribution in [2.24, 2.45) is 0 Å². The predicted molar refractivity (Wildman–Crippen MR) is 47.2 cm³/mol. The number of rotatable bonds is 3. The molecule has 0 atom stereocenters. The summed E-state index contributed by atoms with van der Waals surface area (Å²) in [7, 11) is 0. The minimum Gasteiger partial charge on any atom is -0.479 e. The van der Waals surface area contributed by atoms with E-state index in [4.69, 9.17) is 5.11 Å². The Morgan fingerprint density at radius 3 is 2.92 bits per heavy atom. The summed E-state index contributed by atoms with van der Waals surface area (Å²) in [6.07, 6.45) is 0. The van der Waals surface area contributed by atoms with Gasteiger partial charge in [-0.05, 0) is 18.2 Å². The highest BCUT2D eigenvalue weighted by atomic mass is 79.9. The molecule has 1 aromatic carbocycles. The van der Waals surface area contributed by atoms with Crippen LogP contribution in [0.3, 0.4) is 0 Å². The molecule has 0 aliphatic carbocycles. The van der Waals surface area contributed by atoms with Crippen LogP contribution < -0.4 is 4.74 Å². The summed E-state index contributed by atoms with van der Waals surface area (Å²) in [6, 6.07) is 4.07. The third-order valence-corrected chi connectivity index (χ3v) is 1.74. The van der Waals surface area contributed by atoms with Gasteiger partial charge in [0.25, 0.3) is 0 Å². The van der Waals surface area contributed by atoms with E-state index in [0.717, 1.165) is 0 Å². The van der Waals surface area contributed by atoms with E-state index in [1.165, 1.54) is 18.2 Å². The van der Waals surface area contributed by atoms with Gasteiger partial charge in [0.05, 0.1) is 0 Å². The van der Waals surface area contributed by atoms with Crippen LogP contribution in [0.5, 0.6) is 5.75 Å². The number of aliphatic carboxylic acids is 1. The van der Waals surface area contributed by atoms with Gasteiger partial charge in [-0.15, -0.1) is 0 Å². The van der Waals surface area contributed by atoms with Crippen molar-refractivity contribution in [3.63, 3.8) is 0 Å². The molecule has 0 heterocycles. The summed E-state index contributed by atoms with van der Waals surface area (Å²) in [5.74, 6) is -1.79. The summed E-state index contributed by atoms with van der Waals surface area (Å²) in [5, 5.41) is 8.28. The van der Waals surface area contributed by atoms with Crippen LogP contribution in [0.25, 0.3) is 0 Å². The fourth-order valence-electron chi connectivity index (χ4n) is 0.727. The van der Waals surface area contributed by atoms with Crippen molar-refractivity contribution >= 4 is 21.9 Å². The number of carboxylic acid groups (broad SMARTS) is 1. The molecule has 0 unspecified atom stereocenters. The Labute approximate surface area is 82.3 Å². The second-order valence-electron chi connectivity index (χ2n) is 2.26. The first kappa shape index (κ1) is 9.98. The number of ether oxygens (including phenoxy) is 1. The molecule has 0 aromatic heterocycles. The molecule has 5 heteroatoms. The average Bonchev–Trinajstić information content (AvgIpc) is 2.06. The summed E-state index contributed by atoms with van der Waals surface area (Å²) in [5.41, 5.74) is 0. The third-order valence-electron chi connectivity index (χ3n) is 1.24. The Bertz CT molecular complexity index is 327. The number of carboxylic acids is 1. The van der Waals surface area contributed by atoms with Crippen molar-refractivity contribution in [1.82, 2.24) is 0 Å². The number of carbonyl (C=O) groups is 1. The standard InChI is InChI=1S/C8H6BrFO3/c9-5-1-2-6(10)7(3-5)13-4-8(11)12/h1-3H,4H2,(H,11,12). The third kappa shape index (κ3) is 3.02. The fourth-order valence-corrected chi connectivity index (χ4v) is 1.07. The van der Waals surface area contributed by atoms with Crippen LogP contribution in [-0.2, 0) is 4.79 Å². The van der Waals surface area contributed by atoms with E-state index in [1.807, 2.05) is 0 Å². The number of hydrogen-bond donors (Lipinski definition) is 1. The lowest BCUT2D eigenvalue weighted by Gasteiger charge is -2.04. The van der Waals surface area contributed by atoms with Gasteiger partial charge in [0.2, 0.25) is 0 Å². The largest absolute Gasteiger partial charge is 0.479 e. The van der Waals surface area contributed by atoms with Gasteiger partial charge >= 0.3 is 5.97 Å². The molecule has 0 aliphatic heterocycles. The molecule has 70 valence electrons. The quantitative estimate of drug-likeness (QED) is 0.891. The molecule has 3 nitrogen and oxygen atoms in total. The van der Waals surface area contributed by atoms with Crippen LogP contribution in [-0.4, -0.2) is 17.7 Å². The lowest BCUT2D eigenvalue weighted by atomic mass is 10.3. The summed E-state index contributed by atoms with van der Waals surface area (Å²) < 4.78 is 18.2. The molecule has 0 fully saturated rings. The highest BCUT2D eigenvalue weighted by Gasteiger charge is 2.05. The van der Waals surface area contributed by atoms with Crippen LogP contribution >= 0.6 is 15.9 Å². The molecule has 0 amide bonds. The Kier molecular flexibility index (Phi) is 3.25. The molecule has 0 saturated heterocycles. The van der Waals surface area contributed by atoms with Gasteiger partial charge in [-0.25, -0.2) is 9.18 Å². The van der Waals surface area contributed by atoms with E-state index in [-0.39, 0.29) is 5.75 Å². The molecule has 1 rings (SSSR count). The van der Waals surface area contributed by atoms with Gasteiger partial charge in [-0.1, -0.05) is 15.9 Å². The van der Waals surface area contributed by atoms with Gasteiger partial charge in [-0.2, -0.15) is 0 Å². The van der Waals surface area contributed by atoms with Crippen LogP contribution in [0.2, 0.25) is 0 Å². The number of halogens is 2. The van der Waals surface area contributed by atoms with Gasteiger partial charge < -0.3 is 9.84 Å². The topological polar surface area (TPSA) is 46.5 Å². The van der Waals surface area contributed by atoms with Crippen LogP contribution in [0.4, 0.5) is 4.39 Å². The maximum Gasteiger partial charge on any atom is 0.341 e. The predicted octanol–water partition coefficient (Wildman–Crippen LogP) is 2.05. The normalized spacial score (nSPS) is 9.69. The van der Waals surface area contributed by atoms with Crippen molar-refractivity contribution in [1.29, 1.82) is 0 Å². The van der Waals surface area contributed by atoms with E-state index in [2.05, 4.69) is 20.7 Å². The lowest BCUT2D eigenvalue weighted by Crippen LogP contribution is -2.10. The van der Waals surface area contributed by atoms with Gasteiger partial charge in [0, 0.05) is 4.47 Å². The monoisotopic (exact) mass is 248 g/mol. The van der Waals surface area contributed by atoms with Crippen molar-refractivity contribution < 1.29 is 19.0 Å². The molecule has 0 bridgehead atoms. The van der Waals surface area contributed by atoms with Gasteiger partial charge in [-0.3, -0.25) is 0 Å². The first-order chi connectivity index (χ1) is 6.09. The van der Waals surface area contributed by atoms with Gasteiger partial charge in [0.15, 0.2) is 18.2 Å². The molecule has 0 aliphatic rings. The molecule has 0 spiro atoms. The van der Waals surface area contributed by atoms with Crippen molar-refractivity contribution in [2.45, 2.75) is 0 Å². The maximum absolute atomic E-state index is 12.9. The second kappa shape index (κ2) is 4.23. The van der Waals surface area contributed by atoms with E-state index in [9.17, 15) is 9.18 Å². The molecular weight excluding hydrogens is 243 g/mol. The number of hydrogen-bond acceptors (Lipinski definition) is 2. The highest BCUT2D eigenvalue weighted by Crippen LogP contribution is 2.21. The summed E-state index contributed by atoms with van der Waals surface area (Å²) >= 11 is 3.11. The zero-order chi connectivity index (χ0) is 9.84.